The first-order valence-electron chi connectivity index (χ1n) is 7.18. The van der Waals surface area contributed by atoms with Crippen molar-refractivity contribution in [3.63, 3.8) is 0 Å². The fourth-order valence-electron chi connectivity index (χ4n) is 2.63. The van der Waals surface area contributed by atoms with Crippen molar-refractivity contribution < 1.29 is 14.3 Å². The monoisotopic (exact) mass is 327 g/mol. The first-order valence-corrected chi connectivity index (χ1v) is 8.06. The van der Waals surface area contributed by atoms with E-state index in [0.29, 0.717) is 18.5 Å². The van der Waals surface area contributed by atoms with Crippen molar-refractivity contribution in [1.29, 1.82) is 0 Å². The fraction of sp³-hybridized carbons (Fsp3) is 0.188. The van der Waals surface area contributed by atoms with Crippen LogP contribution < -0.4 is 5.32 Å². The number of hydrogen-bond donors (Lipinski definition) is 1. The number of nitrogens with one attached hydrogen (secondary N) is 1. The van der Waals surface area contributed by atoms with Crippen LogP contribution in [0.2, 0.25) is 0 Å². The quantitative estimate of drug-likeness (QED) is 0.745. The van der Waals surface area contributed by atoms with E-state index in [-0.39, 0.29) is 5.91 Å². The predicted molar refractivity (Wildman–Crippen MR) is 84.3 cm³/mol. The molecule has 0 spiro atoms. The second-order valence-corrected chi connectivity index (χ2v) is 6.17. The maximum Gasteiger partial charge on any atom is 0.339 e. The number of esters is 1. The summed E-state index contributed by atoms with van der Waals surface area (Å²) < 4.78 is 7.14. The van der Waals surface area contributed by atoms with E-state index in [0.717, 1.165) is 16.2 Å². The van der Waals surface area contributed by atoms with Gasteiger partial charge in [0.05, 0.1) is 17.8 Å². The lowest BCUT2D eigenvalue weighted by Gasteiger charge is -2.23. The van der Waals surface area contributed by atoms with Crippen molar-refractivity contribution >= 4 is 28.2 Å². The Labute approximate surface area is 135 Å². The molecule has 1 amide bonds. The molecule has 0 saturated carbocycles. The zero-order valence-corrected chi connectivity index (χ0v) is 12.9. The van der Waals surface area contributed by atoms with Crippen molar-refractivity contribution in [3.05, 3.63) is 58.9 Å². The van der Waals surface area contributed by atoms with Crippen molar-refractivity contribution in [3.8, 4) is 0 Å². The topological polar surface area (TPSA) is 72.7 Å². The summed E-state index contributed by atoms with van der Waals surface area (Å²) in [6, 6.07) is 7.19. The van der Waals surface area contributed by atoms with Gasteiger partial charge < -0.3 is 10.1 Å². The zero-order chi connectivity index (χ0) is 15.8. The summed E-state index contributed by atoms with van der Waals surface area (Å²) in [6.45, 7) is 0.308. The third-order valence-electron chi connectivity index (χ3n) is 3.77. The average Bonchev–Trinajstić information content (AvgIpc) is 3.14. The highest BCUT2D eigenvalue weighted by Gasteiger charge is 2.30. The molecular formula is C16H13N3O3S. The molecular weight excluding hydrogens is 314 g/mol. The minimum absolute atomic E-state index is 0.302. The van der Waals surface area contributed by atoms with Crippen molar-refractivity contribution in [1.82, 2.24) is 14.7 Å². The molecule has 4 rings (SSSR count). The maximum atomic E-state index is 12.3. The van der Waals surface area contributed by atoms with Crippen LogP contribution in [0.25, 0.3) is 4.96 Å². The van der Waals surface area contributed by atoms with Crippen molar-refractivity contribution in [2.75, 3.05) is 0 Å². The van der Waals surface area contributed by atoms with Crippen molar-refractivity contribution in [2.24, 2.45) is 0 Å². The number of thiazole rings is 1. The maximum absolute atomic E-state index is 12.3. The SMILES string of the molecule is O=C1OC(C(=O)NCc2cn3ccsc3n2)Cc2ccccc21. The minimum Gasteiger partial charge on any atom is -0.448 e. The third kappa shape index (κ3) is 2.59. The third-order valence-corrected chi connectivity index (χ3v) is 4.54. The van der Waals surface area contributed by atoms with E-state index in [1.54, 1.807) is 12.1 Å². The van der Waals surface area contributed by atoms with E-state index in [1.807, 2.05) is 34.3 Å². The summed E-state index contributed by atoms with van der Waals surface area (Å²) in [6.07, 6.45) is 3.39. The number of nitrogens with zero attached hydrogens (tertiary/aromatic N) is 2. The summed E-state index contributed by atoms with van der Waals surface area (Å²) in [7, 11) is 0. The number of fused-ring (bicyclic) bond motifs is 2. The van der Waals surface area contributed by atoms with Crippen LogP contribution in [0.3, 0.4) is 0 Å². The van der Waals surface area contributed by atoms with Crippen LogP contribution in [0, 0.1) is 0 Å². The van der Waals surface area contributed by atoms with E-state index in [2.05, 4.69) is 10.3 Å². The van der Waals surface area contributed by atoms with Crippen LogP contribution in [0.15, 0.2) is 42.0 Å². The Hall–Kier alpha value is -2.67. The molecule has 0 bridgehead atoms. The number of hydrogen-bond acceptors (Lipinski definition) is 5. The van der Waals surface area contributed by atoms with Gasteiger partial charge in [0.15, 0.2) is 11.1 Å². The molecule has 1 N–H and O–H groups in total. The first-order chi connectivity index (χ1) is 11.2. The number of cyclic esters (lactones) is 1. The van der Waals surface area contributed by atoms with Gasteiger partial charge in [-0.3, -0.25) is 9.20 Å². The van der Waals surface area contributed by atoms with Gasteiger partial charge in [0.25, 0.3) is 5.91 Å². The lowest BCUT2D eigenvalue weighted by molar-refractivity contribution is -0.130. The van der Waals surface area contributed by atoms with Gasteiger partial charge in [-0.25, -0.2) is 9.78 Å². The average molecular weight is 327 g/mol. The molecule has 1 atom stereocenters. The van der Waals surface area contributed by atoms with Gasteiger partial charge in [-0.05, 0) is 11.6 Å². The Morgan fingerprint density at radius 3 is 3.17 bits per heavy atom. The van der Waals surface area contributed by atoms with Crippen LogP contribution in [0.4, 0.5) is 0 Å². The molecule has 3 aromatic rings. The number of aromatic nitrogens is 2. The largest absolute Gasteiger partial charge is 0.448 e. The van der Waals surface area contributed by atoms with Gasteiger partial charge in [0.2, 0.25) is 0 Å². The molecule has 23 heavy (non-hydrogen) atoms. The molecule has 0 aliphatic carbocycles. The second-order valence-electron chi connectivity index (χ2n) is 5.30. The van der Waals surface area contributed by atoms with E-state index >= 15 is 0 Å². The van der Waals surface area contributed by atoms with Crippen molar-refractivity contribution in [2.45, 2.75) is 19.1 Å². The normalized spacial score (nSPS) is 16.9. The molecule has 116 valence electrons. The second kappa shape index (κ2) is 5.51. The molecule has 0 radical (unpaired) electrons. The van der Waals surface area contributed by atoms with Gasteiger partial charge in [-0.1, -0.05) is 18.2 Å². The predicted octanol–water partition coefficient (Wildman–Crippen LogP) is 1.79. The van der Waals surface area contributed by atoms with Crippen LogP contribution >= 0.6 is 11.3 Å². The Morgan fingerprint density at radius 2 is 2.30 bits per heavy atom. The summed E-state index contributed by atoms with van der Waals surface area (Å²) in [5.41, 5.74) is 2.14. The molecule has 1 aromatic carbocycles. The highest BCUT2D eigenvalue weighted by Crippen LogP contribution is 2.20. The minimum atomic E-state index is -0.791. The summed E-state index contributed by atoms with van der Waals surface area (Å²) in [5.74, 6) is -0.751. The zero-order valence-electron chi connectivity index (χ0n) is 12.1. The van der Waals surface area contributed by atoms with Gasteiger partial charge >= 0.3 is 5.97 Å². The highest BCUT2D eigenvalue weighted by molar-refractivity contribution is 7.15. The van der Waals surface area contributed by atoms with Crippen LogP contribution in [0.1, 0.15) is 21.6 Å². The molecule has 1 unspecified atom stereocenters. The number of rotatable bonds is 3. The van der Waals surface area contributed by atoms with Gasteiger partial charge in [-0.2, -0.15) is 0 Å². The van der Waals surface area contributed by atoms with Gasteiger partial charge in [0, 0.05) is 24.2 Å². The molecule has 6 nitrogen and oxygen atoms in total. The number of ether oxygens (including phenoxy) is 1. The highest BCUT2D eigenvalue weighted by atomic mass is 32.1. The molecule has 1 aliphatic rings. The number of carbonyl (C=O) groups is 2. The Bertz CT molecular complexity index is 870. The molecule has 2 aromatic heterocycles. The molecule has 7 heteroatoms. The summed E-state index contributed by atoms with van der Waals surface area (Å²) >= 11 is 1.53. The molecule has 0 fully saturated rings. The molecule has 3 heterocycles. The van der Waals surface area contributed by atoms with E-state index in [9.17, 15) is 9.59 Å². The van der Waals surface area contributed by atoms with E-state index in [4.69, 9.17) is 4.74 Å². The molecule has 0 saturated heterocycles. The Balaban J connectivity index is 1.43. The number of carbonyl (C=O) groups excluding carboxylic acids is 2. The summed E-state index contributed by atoms with van der Waals surface area (Å²) in [4.78, 5) is 29.5. The van der Waals surface area contributed by atoms with Crippen LogP contribution in [0.5, 0.6) is 0 Å². The van der Waals surface area contributed by atoms with E-state index in [1.165, 1.54) is 11.3 Å². The Morgan fingerprint density at radius 1 is 1.43 bits per heavy atom. The van der Waals surface area contributed by atoms with Crippen LogP contribution in [-0.4, -0.2) is 27.4 Å². The number of amides is 1. The van der Waals surface area contributed by atoms with Gasteiger partial charge in [0.1, 0.15) is 0 Å². The standard InChI is InChI=1S/C16H13N3O3S/c20-14(17-8-11-9-19-5-6-23-16(19)18-11)13-7-10-3-1-2-4-12(10)15(21)22-13/h1-6,9,13H,7-8H2,(H,17,20). The number of imidazole rings is 1. The molecule has 1 aliphatic heterocycles. The lowest BCUT2D eigenvalue weighted by atomic mass is 9.98. The smallest absolute Gasteiger partial charge is 0.339 e. The summed E-state index contributed by atoms with van der Waals surface area (Å²) in [5, 5.41) is 4.73. The van der Waals surface area contributed by atoms with E-state index < -0.39 is 12.1 Å². The lowest BCUT2D eigenvalue weighted by Crippen LogP contribution is -2.41. The Kier molecular flexibility index (Phi) is 3.34. The number of benzene rings is 1. The first kappa shape index (κ1) is 14.0. The van der Waals surface area contributed by atoms with Crippen LogP contribution in [-0.2, 0) is 22.5 Å². The fourth-order valence-corrected chi connectivity index (χ4v) is 3.35. The van der Waals surface area contributed by atoms with Gasteiger partial charge in [-0.15, -0.1) is 11.3 Å².